The number of ether oxygens (including phenoxy) is 1. The predicted molar refractivity (Wildman–Crippen MR) is 94.6 cm³/mol. The van der Waals surface area contributed by atoms with Crippen molar-refractivity contribution < 1.29 is 9.53 Å². The van der Waals surface area contributed by atoms with E-state index in [1.807, 2.05) is 0 Å². The Labute approximate surface area is 144 Å². The molecule has 2 atom stereocenters. The van der Waals surface area contributed by atoms with Crippen molar-refractivity contribution in [1.82, 2.24) is 15.3 Å². The van der Waals surface area contributed by atoms with Gasteiger partial charge in [0.25, 0.3) is 11.5 Å². The van der Waals surface area contributed by atoms with Gasteiger partial charge in [0.1, 0.15) is 17.3 Å². The van der Waals surface area contributed by atoms with Crippen molar-refractivity contribution in [2.24, 2.45) is 5.92 Å². The molecule has 0 aliphatic heterocycles. The molecule has 1 saturated carbocycles. The largest absolute Gasteiger partial charge is 0.370 e. The molecule has 0 unspecified atom stereocenters. The maximum absolute atomic E-state index is 12.4. The molecular weight excluding hydrogens is 326 g/mol. The fraction of sp³-hybridized carbons (Fsp3) is 0.588. The number of thiophene rings is 1. The van der Waals surface area contributed by atoms with E-state index >= 15 is 0 Å². The van der Waals surface area contributed by atoms with Crippen molar-refractivity contribution in [2.75, 3.05) is 7.05 Å². The number of carbonyl (C=O) groups is 1. The Bertz CT molecular complexity index is 811. The van der Waals surface area contributed by atoms with E-state index in [0.717, 1.165) is 6.42 Å². The number of aromatic nitrogens is 2. The smallest absolute Gasteiger partial charge is 0.261 e. The van der Waals surface area contributed by atoms with Crippen LogP contribution in [0.15, 0.2) is 4.79 Å². The van der Waals surface area contributed by atoms with Gasteiger partial charge in [0, 0.05) is 7.05 Å². The van der Waals surface area contributed by atoms with Crippen molar-refractivity contribution in [1.29, 1.82) is 0 Å². The summed E-state index contributed by atoms with van der Waals surface area (Å²) in [5, 5.41) is 3.09. The summed E-state index contributed by atoms with van der Waals surface area (Å²) >= 11 is 1.25. The lowest BCUT2D eigenvalue weighted by Gasteiger charge is -2.28. The summed E-state index contributed by atoms with van der Waals surface area (Å²) in [6, 6.07) is 0. The number of nitrogens with zero attached hydrogens (tertiary/aromatic N) is 1. The highest BCUT2D eigenvalue weighted by Gasteiger charge is 2.23. The van der Waals surface area contributed by atoms with Crippen molar-refractivity contribution >= 4 is 27.5 Å². The first-order chi connectivity index (χ1) is 11.5. The van der Waals surface area contributed by atoms with Gasteiger partial charge in [-0.3, -0.25) is 9.59 Å². The van der Waals surface area contributed by atoms with Crippen molar-refractivity contribution in [3.63, 3.8) is 0 Å². The van der Waals surface area contributed by atoms with Gasteiger partial charge in [-0.2, -0.15) is 0 Å². The normalized spacial score (nSPS) is 21.1. The zero-order valence-electron chi connectivity index (χ0n) is 14.3. The van der Waals surface area contributed by atoms with Crippen LogP contribution in [0.25, 0.3) is 10.2 Å². The van der Waals surface area contributed by atoms with Crippen LogP contribution in [0.5, 0.6) is 0 Å². The first-order valence-electron chi connectivity index (χ1n) is 8.37. The van der Waals surface area contributed by atoms with Crippen LogP contribution in [0, 0.1) is 12.8 Å². The molecule has 0 aromatic carbocycles. The van der Waals surface area contributed by atoms with Crippen LogP contribution in [0.4, 0.5) is 0 Å². The first kappa shape index (κ1) is 17.1. The summed E-state index contributed by atoms with van der Waals surface area (Å²) in [6.07, 6.45) is 4.93. The quantitative estimate of drug-likeness (QED) is 0.889. The SMILES string of the molecule is CNC(=O)c1sc2nc(CO[C@@H]3CCCC[C@H]3C)[nH]c(=O)c2c1C. The fourth-order valence-electron chi connectivity index (χ4n) is 3.30. The van der Waals surface area contributed by atoms with Crippen LogP contribution >= 0.6 is 11.3 Å². The number of rotatable bonds is 4. The van der Waals surface area contributed by atoms with E-state index in [4.69, 9.17) is 4.74 Å². The third-order valence-corrected chi connectivity index (χ3v) is 5.93. The molecule has 2 heterocycles. The molecule has 2 aromatic rings. The van der Waals surface area contributed by atoms with E-state index in [2.05, 4.69) is 22.2 Å². The second kappa shape index (κ2) is 7.03. The molecule has 1 aliphatic rings. The number of amides is 1. The molecule has 130 valence electrons. The third-order valence-electron chi connectivity index (χ3n) is 4.75. The van der Waals surface area contributed by atoms with Crippen molar-refractivity contribution in [3.05, 3.63) is 26.6 Å². The molecule has 1 aliphatic carbocycles. The zero-order chi connectivity index (χ0) is 17.3. The summed E-state index contributed by atoms with van der Waals surface area (Å²) in [6.45, 7) is 4.29. The monoisotopic (exact) mass is 349 g/mol. The minimum absolute atomic E-state index is 0.191. The second-order valence-electron chi connectivity index (χ2n) is 6.44. The lowest BCUT2D eigenvalue weighted by molar-refractivity contribution is -0.0181. The van der Waals surface area contributed by atoms with Crippen molar-refractivity contribution in [3.8, 4) is 0 Å². The molecule has 2 aromatic heterocycles. The Morgan fingerprint density at radius 3 is 2.88 bits per heavy atom. The number of fused-ring (bicyclic) bond motifs is 1. The lowest BCUT2D eigenvalue weighted by Crippen LogP contribution is -2.26. The van der Waals surface area contributed by atoms with Gasteiger partial charge in [-0.1, -0.05) is 19.8 Å². The van der Waals surface area contributed by atoms with Crippen LogP contribution in [-0.4, -0.2) is 29.0 Å². The van der Waals surface area contributed by atoms with Gasteiger partial charge in [0.15, 0.2) is 0 Å². The summed E-state index contributed by atoms with van der Waals surface area (Å²) in [5.41, 5.74) is 0.468. The fourth-order valence-corrected chi connectivity index (χ4v) is 4.45. The molecule has 2 N–H and O–H groups in total. The molecule has 3 rings (SSSR count). The molecular formula is C17H23N3O3S. The van der Waals surface area contributed by atoms with E-state index in [9.17, 15) is 9.59 Å². The highest BCUT2D eigenvalue weighted by atomic mass is 32.1. The second-order valence-corrected chi connectivity index (χ2v) is 7.44. The summed E-state index contributed by atoms with van der Waals surface area (Å²) in [5.74, 6) is 0.872. The van der Waals surface area contributed by atoms with E-state index in [0.29, 0.717) is 39.0 Å². The summed E-state index contributed by atoms with van der Waals surface area (Å²) in [7, 11) is 1.58. The van der Waals surface area contributed by atoms with Gasteiger partial charge in [0.05, 0.1) is 16.4 Å². The van der Waals surface area contributed by atoms with Crippen LogP contribution < -0.4 is 10.9 Å². The number of hydrogen-bond donors (Lipinski definition) is 2. The Kier molecular flexibility index (Phi) is 5.01. The number of hydrogen-bond acceptors (Lipinski definition) is 5. The maximum Gasteiger partial charge on any atom is 0.261 e. The summed E-state index contributed by atoms with van der Waals surface area (Å²) < 4.78 is 5.98. The van der Waals surface area contributed by atoms with Gasteiger partial charge >= 0.3 is 0 Å². The molecule has 1 fully saturated rings. The van der Waals surface area contributed by atoms with Crippen LogP contribution in [0.1, 0.15) is 53.7 Å². The number of H-pyrrole nitrogens is 1. The molecule has 0 saturated heterocycles. The Hall–Kier alpha value is -1.73. The number of carbonyl (C=O) groups excluding carboxylic acids is 1. The number of nitrogens with one attached hydrogen (secondary N) is 2. The molecule has 0 radical (unpaired) electrons. The Balaban J connectivity index is 1.85. The van der Waals surface area contributed by atoms with E-state index < -0.39 is 0 Å². The molecule has 0 bridgehead atoms. The highest BCUT2D eigenvalue weighted by Crippen LogP contribution is 2.28. The molecule has 7 heteroatoms. The van der Waals surface area contributed by atoms with Gasteiger partial charge in [-0.25, -0.2) is 4.98 Å². The standard InChI is InChI=1S/C17H23N3O3S/c1-9-6-4-5-7-11(9)23-8-12-19-15(21)13-10(2)14(16(22)18-3)24-17(13)20-12/h9,11H,4-8H2,1-3H3,(H,18,22)(H,19,20,21)/t9-,11-/m1/s1. The van der Waals surface area contributed by atoms with Gasteiger partial charge in [-0.15, -0.1) is 11.3 Å². The van der Waals surface area contributed by atoms with E-state index in [1.54, 1.807) is 14.0 Å². The highest BCUT2D eigenvalue weighted by molar-refractivity contribution is 7.20. The lowest BCUT2D eigenvalue weighted by atomic mass is 9.88. The third kappa shape index (κ3) is 3.23. The van der Waals surface area contributed by atoms with Crippen molar-refractivity contribution in [2.45, 2.75) is 52.2 Å². The summed E-state index contributed by atoms with van der Waals surface area (Å²) in [4.78, 5) is 32.7. The number of aromatic amines is 1. The first-order valence-corrected chi connectivity index (χ1v) is 9.19. The number of aryl methyl sites for hydroxylation is 1. The average molecular weight is 349 g/mol. The molecule has 24 heavy (non-hydrogen) atoms. The topological polar surface area (TPSA) is 84.1 Å². The minimum Gasteiger partial charge on any atom is -0.370 e. The average Bonchev–Trinajstić information content (AvgIpc) is 2.90. The van der Waals surface area contributed by atoms with E-state index in [-0.39, 0.29) is 17.6 Å². The van der Waals surface area contributed by atoms with Crippen LogP contribution in [0.2, 0.25) is 0 Å². The molecule has 6 nitrogen and oxygen atoms in total. The zero-order valence-corrected chi connectivity index (χ0v) is 15.1. The van der Waals surface area contributed by atoms with E-state index in [1.165, 1.54) is 30.6 Å². The Morgan fingerprint density at radius 2 is 2.17 bits per heavy atom. The molecule has 0 spiro atoms. The van der Waals surface area contributed by atoms with Gasteiger partial charge in [0.2, 0.25) is 0 Å². The van der Waals surface area contributed by atoms with Crippen LogP contribution in [-0.2, 0) is 11.3 Å². The van der Waals surface area contributed by atoms with Crippen LogP contribution in [0.3, 0.4) is 0 Å². The predicted octanol–water partition coefficient (Wildman–Crippen LogP) is 2.75. The van der Waals surface area contributed by atoms with Gasteiger partial charge < -0.3 is 15.0 Å². The van der Waals surface area contributed by atoms with Gasteiger partial charge in [-0.05, 0) is 31.2 Å². The Morgan fingerprint density at radius 1 is 1.42 bits per heavy atom. The maximum atomic E-state index is 12.4. The molecule has 1 amide bonds. The minimum atomic E-state index is -0.209.